The molecule has 0 aromatic rings. The molecule has 2 saturated heterocycles. The van der Waals surface area contributed by atoms with Crippen LogP contribution in [0.4, 0.5) is 0 Å². The topological polar surface area (TPSA) is 52.7 Å². The molecule has 2 heterocycles. The average Bonchev–Trinajstić information content (AvgIpc) is 2.81. The van der Waals surface area contributed by atoms with Gasteiger partial charge in [-0.15, -0.1) is 0 Å². The van der Waals surface area contributed by atoms with Crippen LogP contribution in [0.1, 0.15) is 66.2 Å². The van der Waals surface area contributed by atoms with Crippen molar-refractivity contribution in [2.45, 2.75) is 77.8 Å². The van der Waals surface area contributed by atoms with Crippen molar-refractivity contribution < 1.29 is 9.59 Å². The molecule has 0 unspecified atom stereocenters. The van der Waals surface area contributed by atoms with E-state index in [4.69, 9.17) is 0 Å². The zero-order chi connectivity index (χ0) is 17.7. The second kappa shape index (κ2) is 8.32. The minimum atomic E-state index is -0.220. The Morgan fingerprint density at radius 3 is 2.21 bits per heavy atom. The maximum absolute atomic E-state index is 12.9. The van der Waals surface area contributed by atoms with E-state index in [-0.39, 0.29) is 23.4 Å². The van der Waals surface area contributed by atoms with Crippen molar-refractivity contribution in [3.05, 3.63) is 0 Å². The third-order valence-electron chi connectivity index (χ3n) is 5.15. The average molecular weight is 338 g/mol. The van der Waals surface area contributed by atoms with Crippen molar-refractivity contribution in [1.82, 2.24) is 15.1 Å². The van der Waals surface area contributed by atoms with E-state index in [0.717, 1.165) is 45.3 Å². The fourth-order valence-electron chi connectivity index (χ4n) is 3.75. The lowest BCUT2D eigenvalue weighted by molar-refractivity contribution is -0.139. The highest BCUT2D eigenvalue weighted by Gasteiger charge is 2.33. The summed E-state index contributed by atoms with van der Waals surface area (Å²) >= 11 is 0. The zero-order valence-corrected chi connectivity index (χ0v) is 15.9. The maximum Gasteiger partial charge on any atom is 0.237 e. The molecular weight excluding hydrogens is 302 g/mol. The van der Waals surface area contributed by atoms with Crippen LogP contribution in [0.5, 0.6) is 0 Å². The third-order valence-corrected chi connectivity index (χ3v) is 5.15. The largest absolute Gasteiger partial charge is 0.350 e. The Balaban J connectivity index is 1.92. The van der Waals surface area contributed by atoms with Crippen LogP contribution in [-0.2, 0) is 9.59 Å². The second-order valence-electron chi connectivity index (χ2n) is 8.49. The van der Waals surface area contributed by atoms with Crippen LogP contribution in [0.3, 0.4) is 0 Å². The van der Waals surface area contributed by atoms with Gasteiger partial charge in [0.15, 0.2) is 0 Å². The van der Waals surface area contributed by atoms with Gasteiger partial charge in [0.25, 0.3) is 0 Å². The molecule has 2 aliphatic rings. The molecule has 2 fully saturated rings. The molecule has 0 aromatic carbocycles. The molecule has 2 aliphatic heterocycles. The van der Waals surface area contributed by atoms with Crippen LogP contribution in [0.25, 0.3) is 0 Å². The van der Waals surface area contributed by atoms with Crippen molar-refractivity contribution in [1.29, 1.82) is 0 Å². The maximum atomic E-state index is 12.9. The summed E-state index contributed by atoms with van der Waals surface area (Å²) in [5.41, 5.74) is -0.220. The molecule has 2 amide bonds. The standard InChI is InChI=1S/C19H35N3O2/c1-15(17(23)20-19(2,3)4)22-13-9-10-16(14-22)18(24)21-11-7-5-6-8-12-21/h15-16H,5-14H2,1-4H3,(H,20,23)/t15-,16+/m1/s1. The summed E-state index contributed by atoms with van der Waals surface area (Å²) in [6, 6.07) is -0.177. The molecule has 5 nitrogen and oxygen atoms in total. The van der Waals surface area contributed by atoms with E-state index >= 15 is 0 Å². The first-order chi connectivity index (χ1) is 11.3. The van der Waals surface area contributed by atoms with E-state index in [1.54, 1.807) is 0 Å². The summed E-state index contributed by atoms with van der Waals surface area (Å²) in [5.74, 6) is 0.428. The van der Waals surface area contributed by atoms with Crippen LogP contribution in [-0.4, -0.2) is 59.4 Å². The molecule has 5 heteroatoms. The van der Waals surface area contributed by atoms with Crippen LogP contribution >= 0.6 is 0 Å². The highest BCUT2D eigenvalue weighted by atomic mass is 16.2. The summed E-state index contributed by atoms with van der Waals surface area (Å²) in [6.45, 7) is 11.4. The highest BCUT2D eigenvalue weighted by molar-refractivity contribution is 5.82. The monoisotopic (exact) mass is 337 g/mol. The van der Waals surface area contributed by atoms with E-state index in [2.05, 4.69) is 15.1 Å². The van der Waals surface area contributed by atoms with Crippen molar-refractivity contribution in [3.63, 3.8) is 0 Å². The van der Waals surface area contributed by atoms with E-state index in [9.17, 15) is 9.59 Å². The number of nitrogens with one attached hydrogen (secondary N) is 1. The number of likely N-dealkylation sites (tertiary alicyclic amines) is 2. The van der Waals surface area contributed by atoms with E-state index < -0.39 is 0 Å². The Morgan fingerprint density at radius 1 is 1.00 bits per heavy atom. The van der Waals surface area contributed by atoms with Crippen LogP contribution in [0, 0.1) is 5.92 Å². The van der Waals surface area contributed by atoms with Crippen molar-refractivity contribution in [2.75, 3.05) is 26.2 Å². The van der Waals surface area contributed by atoms with Gasteiger partial charge < -0.3 is 10.2 Å². The van der Waals surface area contributed by atoms with Gasteiger partial charge in [-0.05, 0) is 59.9 Å². The molecule has 0 saturated carbocycles. The first-order valence-corrected chi connectivity index (χ1v) is 9.63. The molecule has 0 spiro atoms. The third kappa shape index (κ3) is 5.47. The van der Waals surface area contributed by atoms with Crippen LogP contribution < -0.4 is 5.32 Å². The lowest BCUT2D eigenvalue weighted by atomic mass is 9.95. The molecule has 2 rings (SSSR count). The van der Waals surface area contributed by atoms with Gasteiger partial charge in [-0.1, -0.05) is 12.8 Å². The number of hydrogen-bond donors (Lipinski definition) is 1. The number of carbonyl (C=O) groups is 2. The molecule has 0 aliphatic carbocycles. The number of rotatable bonds is 3. The molecule has 0 radical (unpaired) electrons. The molecule has 2 atom stereocenters. The lowest BCUT2D eigenvalue weighted by Gasteiger charge is -2.38. The Bertz CT molecular complexity index is 436. The molecule has 1 N–H and O–H groups in total. The quantitative estimate of drug-likeness (QED) is 0.860. The zero-order valence-electron chi connectivity index (χ0n) is 15.9. The van der Waals surface area contributed by atoms with Gasteiger partial charge in [-0.3, -0.25) is 14.5 Å². The summed E-state index contributed by atoms with van der Waals surface area (Å²) in [7, 11) is 0. The lowest BCUT2D eigenvalue weighted by Crippen LogP contribution is -2.54. The predicted octanol–water partition coefficient (Wildman–Crippen LogP) is 2.40. The Hall–Kier alpha value is -1.10. The van der Waals surface area contributed by atoms with E-state index in [1.807, 2.05) is 27.7 Å². The van der Waals surface area contributed by atoms with Gasteiger partial charge >= 0.3 is 0 Å². The van der Waals surface area contributed by atoms with Crippen molar-refractivity contribution in [3.8, 4) is 0 Å². The summed E-state index contributed by atoms with van der Waals surface area (Å²) in [4.78, 5) is 29.6. The SMILES string of the molecule is C[C@H](C(=O)NC(C)(C)C)N1CCC[C@H](C(=O)N2CCCCCC2)C1. The van der Waals surface area contributed by atoms with E-state index in [0.29, 0.717) is 12.5 Å². The first kappa shape index (κ1) is 19.2. The van der Waals surface area contributed by atoms with Gasteiger partial charge in [0, 0.05) is 25.2 Å². The van der Waals surface area contributed by atoms with Gasteiger partial charge in [-0.2, -0.15) is 0 Å². The number of carbonyl (C=O) groups excluding carboxylic acids is 2. The molecule has 0 bridgehead atoms. The fourth-order valence-corrected chi connectivity index (χ4v) is 3.75. The van der Waals surface area contributed by atoms with Gasteiger partial charge in [0.05, 0.1) is 12.0 Å². The first-order valence-electron chi connectivity index (χ1n) is 9.63. The predicted molar refractivity (Wildman–Crippen MR) is 96.7 cm³/mol. The van der Waals surface area contributed by atoms with Crippen molar-refractivity contribution in [2.24, 2.45) is 5.92 Å². The molecule has 0 aromatic heterocycles. The Kier molecular flexibility index (Phi) is 6.67. The van der Waals surface area contributed by atoms with Gasteiger partial charge in [0.2, 0.25) is 11.8 Å². The van der Waals surface area contributed by atoms with Crippen molar-refractivity contribution >= 4 is 11.8 Å². The summed E-state index contributed by atoms with van der Waals surface area (Å²) < 4.78 is 0. The number of amides is 2. The van der Waals surface area contributed by atoms with E-state index in [1.165, 1.54) is 12.8 Å². The highest BCUT2D eigenvalue weighted by Crippen LogP contribution is 2.22. The Morgan fingerprint density at radius 2 is 1.62 bits per heavy atom. The van der Waals surface area contributed by atoms with Gasteiger partial charge in [0.1, 0.15) is 0 Å². The van der Waals surface area contributed by atoms with Crippen LogP contribution in [0.15, 0.2) is 0 Å². The molecule has 24 heavy (non-hydrogen) atoms. The normalized spacial score (nSPS) is 25.0. The van der Waals surface area contributed by atoms with Crippen LogP contribution in [0.2, 0.25) is 0 Å². The minimum absolute atomic E-state index is 0.0572. The smallest absolute Gasteiger partial charge is 0.237 e. The number of hydrogen-bond acceptors (Lipinski definition) is 3. The summed E-state index contributed by atoms with van der Waals surface area (Å²) in [5, 5.41) is 3.06. The van der Waals surface area contributed by atoms with Gasteiger partial charge in [-0.25, -0.2) is 0 Å². The molecule has 138 valence electrons. The number of nitrogens with zero attached hydrogens (tertiary/aromatic N) is 2. The Labute approximate surface area is 147 Å². The number of piperidine rings is 1. The fraction of sp³-hybridized carbons (Fsp3) is 0.895. The summed E-state index contributed by atoms with van der Waals surface area (Å²) in [6.07, 6.45) is 6.70. The minimum Gasteiger partial charge on any atom is -0.350 e. The molecular formula is C19H35N3O2. The second-order valence-corrected chi connectivity index (χ2v) is 8.49.